The fourth-order valence-electron chi connectivity index (χ4n) is 2.35. The second-order valence-electron chi connectivity index (χ2n) is 4.87. The number of nitrogens with one attached hydrogen (secondary N) is 1. The van der Waals surface area contributed by atoms with Crippen molar-refractivity contribution in [2.75, 3.05) is 4.72 Å². The smallest absolute Gasteiger partial charge is 0.358 e. The molecule has 3 aromatic rings. The Morgan fingerprint density at radius 1 is 1.17 bits per heavy atom. The van der Waals surface area contributed by atoms with E-state index in [1.54, 1.807) is 24.3 Å². The van der Waals surface area contributed by atoms with Crippen LogP contribution in [0.3, 0.4) is 0 Å². The first-order valence-electron chi connectivity index (χ1n) is 6.56. The van der Waals surface area contributed by atoms with Crippen molar-refractivity contribution in [1.82, 2.24) is 9.55 Å². The summed E-state index contributed by atoms with van der Waals surface area (Å²) < 4.78 is 28.7. The number of aryl methyl sites for hydroxylation is 1. The molecule has 0 atom stereocenters. The van der Waals surface area contributed by atoms with Crippen LogP contribution in [0.2, 0.25) is 0 Å². The van der Waals surface area contributed by atoms with Gasteiger partial charge in [-0.1, -0.05) is 36.4 Å². The summed E-state index contributed by atoms with van der Waals surface area (Å²) in [7, 11) is -2.77. The maximum Gasteiger partial charge on any atom is 0.403 e. The molecule has 9 heteroatoms. The fraction of sp³-hybridized carbons (Fsp3) is 0.0714. The van der Waals surface area contributed by atoms with E-state index in [0.717, 1.165) is 16.3 Å². The highest BCUT2D eigenvalue weighted by Crippen LogP contribution is 2.28. The molecule has 23 heavy (non-hydrogen) atoms. The lowest BCUT2D eigenvalue weighted by Crippen LogP contribution is -2.17. The van der Waals surface area contributed by atoms with Crippen molar-refractivity contribution < 1.29 is 13.3 Å². The first-order valence-corrected chi connectivity index (χ1v) is 8.05. The minimum Gasteiger partial charge on any atom is -0.358 e. The SMILES string of the molecule is Cn1cnc([N+](=O)[O-])c1S(=O)(=O)Nc1cccc2ccccc12. The molecule has 0 aliphatic carbocycles. The normalized spacial score (nSPS) is 11.5. The van der Waals surface area contributed by atoms with Crippen LogP contribution >= 0.6 is 0 Å². The Balaban J connectivity index is 2.12. The Morgan fingerprint density at radius 2 is 1.87 bits per heavy atom. The number of anilines is 1. The average Bonchev–Trinajstić information content (AvgIpc) is 2.90. The third kappa shape index (κ3) is 2.61. The van der Waals surface area contributed by atoms with Crippen molar-refractivity contribution in [1.29, 1.82) is 0 Å². The standard InChI is InChI=1S/C14H12N4O4S/c1-17-9-15-13(18(19)20)14(17)23(21,22)16-12-8-4-6-10-5-2-3-7-11(10)12/h2-9,16H,1H3. The Morgan fingerprint density at radius 3 is 2.61 bits per heavy atom. The van der Waals surface area contributed by atoms with Crippen molar-refractivity contribution >= 4 is 32.3 Å². The number of imidazole rings is 1. The number of benzene rings is 2. The summed E-state index contributed by atoms with van der Waals surface area (Å²) >= 11 is 0. The second-order valence-corrected chi connectivity index (χ2v) is 6.47. The number of aromatic nitrogens is 2. The van der Waals surface area contributed by atoms with Gasteiger partial charge in [0.15, 0.2) is 0 Å². The molecule has 0 radical (unpaired) electrons. The predicted octanol–water partition coefficient (Wildman–Crippen LogP) is 2.28. The van der Waals surface area contributed by atoms with Crippen LogP contribution in [0, 0.1) is 10.1 Å². The first kappa shape index (κ1) is 15.0. The minimum absolute atomic E-state index is 0.346. The molecular weight excluding hydrogens is 320 g/mol. The zero-order chi connectivity index (χ0) is 16.6. The molecule has 1 heterocycles. The average molecular weight is 332 g/mol. The van der Waals surface area contributed by atoms with Gasteiger partial charge in [0, 0.05) is 12.4 Å². The summed E-state index contributed by atoms with van der Waals surface area (Å²) in [4.78, 5) is 13.7. The Kier molecular flexibility index (Phi) is 3.49. The van der Waals surface area contributed by atoms with E-state index in [-0.39, 0.29) is 0 Å². The van der Waals surface area contributed by atoms with Crippen LogP contribution in [0.15, 0.2) is 53.8 Å². The molecule has 118 valence electrons. The minimum atomic E-state index is -4.16. The number of nitrogens with zero attached hydrogens (tertiary/aromatic N) is 3. The molecule has 8 nitrogen and oxygen atoms in total. The molecule has 0 amide bonds. The van der Waals surface area contributed by atoms with Crippen LogP contribution in [0.25, 0.3) is 10.8 Å². The van der Waals surface area contributed by atoms with Gasteiger partial charge in [0.25, 0.3) is 15.0 Å². The van der Waals surface area contributed by atoms with Crippen LogP contribution in [0.5, 0.6) is 0 Å². The lowest BCUT2D eigenvalue weighted by molar-refractivity contribution is -0.392. The van der Waals surface area contributed by atoms with Gasteiger partial charge in [0.1, 0.15) is 0 Å². The molecule has 1 aromatic heterocycles. The molecule has 0 aliphatic heterocycles. The number of fused-ring (bicyclic) bond motifs is 1. The van der Waals surface area contributed by atoms with E-state index in [4.69, 9.17) is 0 Å². The summed E-state index contributed by atoms with van der Waals surface area (Å²) in [6.07, 6.45) is 1.09. The van der Waals surface area contributed by atoms with Gasteiger partial charge in [-0.25, -0.2) is 0 Å². The summed E-state index contributed by atoms with van der Waals surface area (Å²) in [5.74, 6) is -0.708. The van der Waals surface area contributed by atoms with Gasteiger partial charge in [-0.3, -0.25) is 9.29 Å². The molecule has 0 aliphatic rings. The van der Waals surface area contributed by atoms with Gasteiger partial charge in [-0.2, -0.15) is 8.42 Å². The summed E-state index contributed by atoms with van der Waals surface area (Å²) in [5.41, 5.74) is 0.346. The summed E-state index contributed by atoms with van der Waals surface area (Å²) in [6, 6.07) is 12.4. The van der Waals surface area contributed by atoms with Crippen LogP contribution in [0.1, 0.15) is 0 Å². The van der Waals surface area contributed by atoms with E-state index in [1.165, 1.54) is 7.05 Å². The van der Waals surface area contributed by atoms with Gasteiger partial charge in [-0.05, 0) is 21.4 Å². The van der Waals surface area contributed by atoms with E-state index >= 15 is 0 Å². The highest BCUT2D eigenvalue weighted by atomic mass is 32.2. The zero-order valence-corrected chi connectivity index (χ0v) is 12.8. The van der Waals surface area contributed by atoms with Gasteiger partial charge in [0.05, 0.1) is 5.69 Å². The van der Waals surface area contributed by atoms with Crippen molar-refractivity contribution in [3.05, 3.63) is 58.9 Å². The number of hydrogen-bond donors (Lipinski definition) is 1. The van der Waals surface area contributed by atoms with Crippen LogP contribution in [-0.2, 0) is 17.1 Å². The van der Waals surface area contributed by atoms with Crippen molar-refractivity contribution in [3.63, 3.8) is 0 Å². The van der Waals surface area contributed by atoms with E-state index in [9.17, 15) is 18.5 Å². The molecule has 0 bridgehead atoms. The molecule has 3 rings (SSSR count). The second kappa shape index (κ2) is 5.36. The largest absolute Gasteiger partial charge is 0.403 e. The molecular formula is C14H12N4O4S. The molecule has 0 fully saturated rings. The Bertz CT molecular complexity index is 1010. The van der Waals surface area contributed by atoms with Crippen molar-refractivity contribution in [2.45, 2.75) is 5.03 Å². The maximum atomic E-state index is 12.6. The lowest BCUT2D eigenvalue weighted by atomic mass is 10.1. The zero-order valence-electron chi connectivity index (χ0n) is 12.0. The molecule has 0 saturated carbocycles. The third-order valence-corrected chi connectivity index (χ3v) is 4.79. The third-order valence-electron chi connectivity index (χ3n) is 3.33. The molecule has 1 N–H and O–H groups in total. The number of hydrogen-bond acceptors (Lipinski definition) is 5. The quantitative estimate of drug-likeness (QED) is 0.582. The van der Waals surface area contributed by atoms with E-state index in [0.29, 0.717) is 11.1 Å². The van der Waals surface area contributed by atoms with Crippen LogP contribution < -0.4 is 4.72 Å². The fourth-order valence-corrected chi connectivity index (χ4v) is 3.71. The summed E-state index contributed by atoms with van der Waals surface area (Å²) in [5, 5.41) is 12.0. The number of nitro groups is 1. The van der Waals surface area contributed by atoms with Gasteiger partial charge < -0.3 is 10.1 Å². The monoisotopic (exact) mass is 332 g/mol. The maximum absolute atomic E-state index is 12.6. The topological polar surface area (TPSA) is 107 Å². The Labute approximate surface area is 131 Å². The number of sulfonamides is 1. The Hall–Kier alpha value is -2.94. The van der Waals surface area contributed by atoms with E-state index < -0.39 is 25.8 Å². The van der Waals surface area contributed by atoms with Gasteiger partial charge in [-0.15, -0.1) is 0 Å². The van der Waals surface area contributed by atoms with Crippen LogP contribution in [0.4, 0.5) is 11.5 Å². The van der Waals surface area contributed by atoms with E-state index in [2.05, 4.69) is 9.71 Å². The van der Waals surface area contributed by atoms with Crippen molar-refractivity contribution in [3.8, 4) is 0 Å². The predicted molar refractivity (Wildman–Crippen MR) is 84.6 cm³/mol. The summed E-state index contributed by atoms with van der Waals surface area (Å²) in [6.45, 7) is 0. The van der Waals surface area contributed by atoms with Gasteiger partial charge in [0.2, 0.25) is 6.33 Å². The lowest BCUT2D eigenvalue weighted by Gasteiger charge is -2.10. The van der Waals surface area contributed by atoms with E-state index in [1.807, 2.05) is 18.2 Å². The molecule has 0 unspecified atom stereocenters. The highest BCUT2D eigenvalue weighted by molar-refractivity contribution is 7.92. The first-order chi connectivity index (χ1) is 10.9. The number of rotatable bonds is 4. The molecule has 0 spiro atoms. The highest BCUT2D eigenvalue weighted by Gasteiger charge is 2.32. The van der Waals surface area contributed by atoms with Crippen LogP contribution in [-0.4, -0.2) is 22.9 Å². The molecule has 2 aromatic carbocycles. The molecule has 0 saturated heterocycles. The van der Waals surface area contributed by atoms with Crippen molar-refractivity contribution in [2.24, 2.45) is 7.05 Å². The van der Waals surface area contributed by atoms with Gasteiger partial charge >= 0.3 is 5.82 Å².